The number of rotatable bonds is 8. The van der Waals surface area contributed by atoms with Crippen LogP contribution in [0.1, 0.15) is 26.3 Å². The van der Waals surface area contributed by atoms with E-state index in [1.807, 2.05) is 68.7 Å². The molecule has 0 unspecified atom stereocenters. The van der Waals surface area contributed by atoms with Gasteiger partial charge in [-0.3, -0.25) is 4.79 Å². The summed E-state index contributed by atoms with van der Waals surface area (Å²) in [7, 11) is 5.82. The summed E-state index contributed by atoms with van der Waals surface area (Å²) in [4.78, 5) is 26.9. The summed E-state index contributed by atoms with van der Waals surface area (Å²) in [5.74, 6) is 1.74. The molecule has 0 aliphatic rings. The molecular weight excluding hydrogens is 316 g/mol. The zero-order valence-corrected chi connectivity index (χ0v) is 16.4. The Morgan fingerprint density at radius 2 is 1.88 bits per heavy atom. The van der Waals surface area contributed by atoms with E-state index in [0.717, 1.165) is 37.0 Å². The predicted octanol–water partition coefficient (Wildman–Crippen LogP) is 1.41. The van der Waals surface area contributed by atoms with E-state index in [4.69, 9.17) is 0 Å². The SMILES string of the molecule is CCNC(=NCc1ccnc(N(C)C)c1)N(C)CC(=O)N(CC)CC. The molecule has 1 N–H and O–H groups in total. The Morgan fingerprint density at radius 3 is 2.44 bits per heavy atom. The van der Waals surface area contributed by atoms with Gasteiger partial charge in [0.15, 0.2) is 5.96 Å². The van der Waals surface area contributed by atoms with E-state index in [0.29, 0.717) is 13.1 Å². The number of amides is 1. The maximum Gasteiger partial charge on any atom is 0.242 e. The second kappa shape index (κ2) is 10.5. The molecule has 0 bridgehead atoms. The monoisotopic (exact) mass is 348 g/mol. The smallest absolute Gasteiger partial charge is 0.242 e. The van der Waals surface area contributed by atoms with E-state index in [2.05, 4.69) is 15.3 Å². The number of carbonyl (C=O) groups is 1. The van der Waals surface area contributed by atoms with Gasteiger partial charge in [0, 0.05) is 47.0 Å². The number of aromatic nitrogens is 1. The van der Waals surface area contributed by atoms with Crippen LogP contribution in [-0.4, -0.2) is 74.0 Å². The molecule has 0 aromatic carbocycles. The van der Waals surface area contributed by atoms with Crippen molar-refractivity contribution in [2.24, 2.45) is 4.99 Å². The molecule has 1 aromatic rings. The summed E-state index contributed by atoms with van der Waals surface area (Å²) in [6.07, 6.45) is 1.79. The number of nitrogens with one attached hydrogen (secondary N) is 1. The van der Waals surface area contributed by atoms with Gasteiger partial charge in [-0.25, -0.2) is 9.98 Å². The average molecular weight is 348 g/mol. The number of carbonyl (C=O) groups excluding carboxylic acids is 1. The molecule has 25 heavy (non-hydrogen) atoms. The van der Waals surface area contributed by atoms with Gasteiger partial charge in [0.25, 0.3) is 0 Å². The molecule has 1 heterocycles. The Labute approximate surface area is 151 Å². The molecule has 0 saturated heterocycles. The zero-order valence-electron chi connectivity index (χ0n) is 16.4. The lowest BCUT2D eigenvalue weighted by Crippen LogP contribution is -2.45. The van der Waals surface area contributed by atoms with Crippen molar-refractivity contribution in [1.29, 1.82) is 0 Å². The van der Waals surface area contributed by atoms with Crippen molar-refractivity contribution in [3.8, 4) is 0 Å². The maximum atomic E-state index is 12.3. The van der Waals surface area contributed by atoms with Gasteiger partial charge < -0.3 is 20.0 Å². The Bertz CT molecular complexity index is 568. The number of pyridine rings is 1. The van der Waals surface area contributed by atoms with Crippen molar-refractivity contribution in [2.45, 2.75) is 27.3 Å². The fraction of sp³-hybridized carbons (Fsp3) is 0.611. The molecule has 1 amide bonds. The number of hydrogen-bond donors (Lipinski definition) is 1. The van der Waals surface area contributed by atoms with E-state index in [1.165, 1.54) is 0 Å². The van der Waals surface area contributed by atoms with Crippen LogP contribution < -0.4 is 10.2 Å². The summed E-state index contributed by atoms with van der Waals surface area (Å²) < 4.78 is 0. The average Bonchev–Trinajstić information content (AvgIpc) is 2.59. The highest BCUT2D eigenvalue weighted by atomic mass is 16.2. The van der Waals surface area contributed by atoms with Gasteiger partial charge in [0.05, 0.1) is 13.1 Å². The molecule has 7 heteroatoms. The Hall–Kier alpha value is -2.31. The third-order valence-electron chi connectivity index (χ3n) is 3.86. The Kier molecular flexibility index (Phi) is 8.74. The fourth-order valence-electron chi connectivity index (χ4n) is 2.39. The third kappa shape index (κ3) is 6.60. The molecule has 0 atom stereocenters. The maximum absolute atomic E-state index is 12.3. The third-order valence-corrected chi connectivity index (χ3v) is 3.86. The van der Waals surface area contributed by atoms with Crippen LogP contribution in [0.15, 0.2) is 23.3 Å². The Balaban J connectivity index is 2.82. The molecule has 0 fully saturated rings. The van der Waals surface area contributed by atoms with E-state index < -0.39 is 0 Å². The normalized spacial score (nSPS) is 11.2. The lowest BCUT2D eigenvalue weighted by molar-refractivity contribution is -0.131. The van der Waals surface area contributed by atoms with Crippen LogP contribution in [0.3, 0.4) is 0 Å². The number of aliphatic imine (C=N–C) groups is 1. The lowest BCUT2D eigenvalue weighted by Gasteiger charge is -2.25. The molecule has 0 radical (unpaired) electrons. The van der Waals surface area contributed by atoms with Gasteiger partial charge in [-0.05, 0) is 38.5 Å². The van der Waals surface area contributed by atoms with E-state index >= 15 is 0 Å². The number of guanidine groups is 1. The van der Waals surface area contributed by atoms with E-state index in [9.17, 15) is 4.79 Å². The summed E-state index contributed by atoms with van der Waals surface area (Å²) >= 11 is 0. The molecule has 0 aliphatic heterocycles. The van der Waals surface area contributed by atoms with Crippen molar-refractivity contribution in [2.75, 3.05) is 52.2 Å². The zero-order chi connectivity index (χ0) is 18.8. The quantitative estimate of drug-likeness (QED) is 0.568. The first-order valence-corrected chi connectivity index (χ1v) is 8.82. The van der Waals surface area contributed by atoms with Crippen LogP contribution in [0, 0.1) is 0 Å². The van der Waals surface area contributed by atoms with Crippen LogP contribution in [-0.2, 0) is 11.3 Å². The number of nitrogens with zero attached hydrogens (tertiary/aromatic N) is 5. The number of hydrogen-bond acceptors (Lipinski definition) is 4. The van der Waals surface area contributed by atoms with Crippen molar-refractivity contribution in [3.63, 3.8) is 0 Å². The first-order valence-electron chi connectivity index (χ1n) is 8.82. The van der Waals surface area contributed by atoms with E-state index in [1.54, 1.807) is 6.20 Å². The second-order valence-corrected chi connectivity index (χ2v) is 6.01. The molecule has 0 saturated carbocycles. The summed E-state index contributed by atoms with van der Waals surface area (Å²) in [6.45, 7) is 9.05. The summed E-state index contributed by atoms with van der Waals surface area (Å²) in [5, 5.41) is 3.25. The highest BCUT2D eigenvalue weighted by Crippen LogP contribution is 2.10. The second-order valence-electron chi connectivity index (χ2n) is 6.01. The van der Waals surface area contributed by atoms with Crippen LogP contribution >= 0.6 is 0 Å². The first-order chi connectivity index (χ1) is 11.9. The minimum Gasteiger partial charge on any atom is -0.363 e. The highest BCUT2D eigenvalue weighted by Gasteiger charge is 2.15. The van der Waals surface area contributed by atoms with Crippen molar-refractivity contribution >= 4 is 17.7 Å². The highest BCUT2D eigenvalue weighted by molar-refractivity contribution is 5.86. The minimum atomic E-state index is 0.108. The molecule has 1 aromatic heterocycles. The Morgan fingerprint density at radius 1 is 1.20 bits per heavy atom. The van der Waals surface area contributed by atoms with Crippen molar-refractivity contribution < 1.29 is 4.79 Å². The molecule has 0 spiro atoms. The summed E-state index contributed by atoms with van der Waals surface area (Å²) in [5.41, 5.74) is 1.08. The van der Waals surface area contributed by atoms with Gasteiger partial charge in [-0.2, -0.15) is 0 Å². The van der Waals surface area contributed by atoms with Crippen LogP contribution in [0.25, 0.3) is 0 Å². The lowest BCUT2D eigenvalue weighted by atomic mass is 10.2. The molecular formula is C18H32N6O. The van der Waals surface area contributed by atoms with Crippen molar-refractivity contribution in [3.05, 3.63) is 23.9 Å². The molecule has 7 nitrogen and oxygen atoms in total. The van der Waals surface area contributed by atoms with E-state index in [-0.39, 0.29) is 5.91 Å². The van der Waals surface area contributed by atoms with Crippen LogP contribution in [0.5, 0.6) is 0 Å². The topological polar surface area (TPSA) is 64.1 Å². The number of likely N-dealkylation sites (N-methyl/N-ethyl adjacent to an activating group) is 2. The molecule has 140 valence electrons. The van der Waals surface area contributed by atoms with Gasteiger partial charge in [0.2, 0.25) is 5.91 Å². The first kappa shape index (κ1) is 20.7. The number of anilines is 1. The largest absolute Gasteiger partial charge is 0.363 e. The van der Waals surface area contributed by atoms with Gasteiger partial charge >= 0.3 is 0 Å². The summed E-state index contributed by atoms with van der Waals surface area (Å²) in [6, 6.07) is 3.98. The fourth-order valence-corrected chi connectivity index (χ4v) is 2.39. The minimum absolute atomic E-state index is 0.108. The van der Waals surface area contributed by atoms with Gasteiger partial charge in [-0.1, -0.05) is 0 Å². The van der Waals surface area contributed by atoms with Gasteiger partial charge in [0.1, 0.15) is 5.82 Å². The molecule has 1 rings (SSSR count). The standard InChI is InChI=1S/C18H32N6O/c1-7-19-18(23(6)14-17(25)24(8-2)9-3)21-13-15-10-11-20-16(12-15)22(4)5/h10-12H,7-9,13-14H2,1-6H3,(H,19,21). The van der Waals surface area contributed by atoms with Gasteiger partial charge in [-0.15, -0.1) is 0 Å². The molecule has 0 aliphatic carbocycles. The van der Waals surface area contributed by atoms with Crippen molar-refractivity contribution in [1.82, 2.24) is 20.1 Å². The predicted molar refractivity (Wildman–Crippen MR) is 104 cm³/mol. The van der Waals surface area contributed by atoms with Crippen LogP contribution in [0.4, 0.5) is 5.82 Å². The van der Waals surface area contributed by atoms with Crippen LogP contribution in [0.2, 0.25) is 0 Å².